The second-order valence-electron chi connectivity index (χ2n) is 5.07. The zero-order valence-corrected chi connectivity index (χ0v) is 20.4. The molecular weight excluding hydrogens is 288 g/mol. The van der Waals surface area contributed by atoms with E-state index in [2.05, 4.69) is 54.7 Å². The molecule has 0 heterocycles. The molecular formula is C24H56. The first kappa shape index (κ1) is 38.8. The van der Waals surface area contributed by atoms with E-state index in [0.717, 1.165) is 11.8 Å². The summed E-state index contributed by atoms with van der Waals surface area (Å²) in [7, 11) is 0. The van der Waals surface area contributed by atoms with Crippen LogP contribution in [0, 0.1) is 11.8 Å². The molecule has 0 aliphatic carbocycles. The van der Waals surface area contributed by atoms with Gasteiger partial charge in [-0.15, -0.1) is 0 Å². The topological polar surface area (TPSA) is 0 Å². The highest BCUT2D eigenvalue weighted by Crippen LogP contribution is 2.13. The predicted octanol–water partition coefficient (Wildman–Crippen LogP) is 10.1. The standard InChI is InChI=1S/2C8H16.4C2H6/c2*1-5-6-8(4)7(2)3;4*1-2/h2*8H,2,5-6H2,1,3-4H3;4*1-2H3. The third-order valence-electron chi connectivity index (χ3n) is 3.13. The molecule has 0 aliphatic heterocycles. The van der Waals surface area contributed by atoms with Crippen molar-refractivity contribution in [3.63, 3.8) is 0 Å². The molecule has 0 fully saturated rings. The molecule has 0 N–H and O–H groups in total. The molecule has 0 aromatic carbocycles. The molecule has 152 valence electrons. The van der Waals surface area contributed by atoms with Crippen LogP contribution in [-0.2, 0) is 0 Å². The van der Waals surface area contributed by atoms with Gasteiger partial charge in [-0.05, 0) is 38.5 Å². The molecule has 0 aliphatic rings. The van der Waals surface area contributed by atoms with Gasteiger partial charge in [0, 0.05) is 0 Å². The van der Waals surface area contributed by atoms with E-state index >= 15 is 0 Å². The van der Waals surface area contributed by atoms with Crippen molar-refractivity contribution in [2.45, 2.75) is 123 Å². The van der Waals surface area contributed by atoms with Crippen LogP contribution in [0.2, 0.25) is 0 Å². The molecule has 0 aromatic heterocycles. The van der Waals surface area contributed by atoms with Gasteiger partial charge in [-0.3, -0.25) is 0 Å². The van der Waals surface area contributed by atoms with Crippen LogP contribution < -0.4 is 0 Å². The van der Waals surface area contributed by atoms with E-state index in [-0.39, 0.29) is 0 Å². The van der Waals surface area contributed by atoms with Crippen LogP contribution in [0.15, 0.2) is 24.3 Å². The minimum Gasteiger partial charge on any atom is -0.0999 e. The first-order chi connectivity index (χ1) is 11.4. The summed E-state index contributed by atoms with van der Waals surface area (Å²) in [5.41, 5.74) is 2.62. The van der Waals surface area contributed by atoms with Crippen molar-refractivity contribution in [3.05, 3.63) is 24.3 Å². The smallest absolute Gasteiger partial charge is 0.0237 e. The molecule has 0 radical (unpaired) electrons. The van der Waals surface area contributed by atoms with Gasteiger partial charge in [0.25, 0.3) is 0 Å². The lowest BCUT2D eigenvalue weighted by Gasteiger charge is -2.06. The van der Waals surface area contributed by atoms with Crippen LogP contribution in [0.1, 0.15) is 123 Å². The van der Waals surface area contributed by atoms with Gasteiger partial charge < -0.3 is 0 Å². The second-order valence-corrected chi connectivity index (χ2v) is 5.07. The summed E-state index contributed by atoms with van der Waals surface area (Å²) in [6.45, 7) is 36.8. The van der Waals surface area contributed by atoms with Crippen LogP contribution in [0.25, 0.3) is 0 Å². The molecule has 0 nitrogen and oxygen atoms in total. The highest BCUT2D eigenvalue weighted by atomic mass is 14.0. The second kappa shape index (κ2) is 43.3. The maximum atomic E-state index is 3.87. The SMILES string of the molecule is C=C(C)C(C)CCC.C=C(C)C(C)CCC.CC.CC.CC.CC. The minimum atomic E-state index is 0.722. The molecule has 0 rings (SSSR count). The fourth-order valence-corrected chi connectivity index (χ4v) is 1.36. The summed E-state index contributed by atoms with van der Waals surface area (Å²) in [6, 6.07) is 0. The van der Waals surface area contributed by atoms with Gasteiger partial charge in [0.1, 0.15) is 0 Å². The third kappa shape index (κ3) is 49.6. The zero-order chi connectivity index (χ0) is 21.1. The predicted molar refractivity (Wildman–Crippen MR) is 123 cm³/mol. The van der Waals surface area contributed by atoms with Crippen LogP contribution in [-0.4, -0.2) is 0 Å². The summed E-state index contributed by atoms with van der Waals surface area (Å²) in [4.78, 5) is 0. The Morgan fingerprint density at radius 1 is 0.583 bits per heavy atom. The summed E-state index contributed by atoms with van der Waals surface area (Å²) in [5, 5.41) is 0. The maximum Gasteiger partial charge on any atom is -0.0237 e. The van der Waals surface area contributed by atoms with Gasteiger partial charge in [0.15, 0.2) is 0 Å². The molecule has 0 aromatic rings. The Labute approximate surface area is 159 Å². The number of hydrogen-bond acceptors (Lipinski definition) is 0. The third-order valence-corrected chi connectivity index (χ3v) is 3.13. The van der Waals surface area contributed by atoms with E-state index < -0.39 is 0 Å². The van der Waals surface area contributed by atoms with Crippen molar-refractivity contribution in [1.29, 1.82) is 0 Å². The molecule has 24 heavy (non-hydrogen) atoms. The van der Waals surface area contributed by atoms with E-state index in [1.165, 1.54) is 36.8 Å². The molecule has 0 bridgehead atoms. The summed E-state index contributed by atoms with van der Waals surface area (Å²) in [5.74, 6) is 1.44. The van der Waals surface area contributed by atoms with Crippen LogP contribution >= 0.6 is 0 Å². The fourth-order valence-electron chi connectivity index (χ4n) is 1.36. The van der Waals surface area contributed by atoms with Gasteiger partial charge in [0.05, 0.1) is 0 Å². The number of allylic oxidation sites excluding steroid dienone is 2. The summed E-state index contributed by atoms with van der Waals surface area (Å²) in [6.07, 6.45) is 5.12. The lowest BCUT2D eigenvalue weighted by atomic mass is 10.00. The highest BCUT2D eigenvalue weighted by molar-refractivity contribution is 4.93. The Hall–Kier alpha value is -0.520. The molecule has 0 spiro atoms. The monoisotopic (exact) mass is 344 g/mol. The summed E-state index contributed by atoms with van der Waals surface area (Å²) < 4.78 is 0. The average molecular weight is 345 g/mol. The van der Waals surface area contributed by atoms with Crippen molar-refractivity contribution < 1.29 is 0 Å². The molecule has 0 saturated heterocycles. The van der Waals surface area contributed by atoms with Crippen LogP contribution in [0.5, 0.6) is 0 Å². The average Bonchev–Trinajstić information content (AvgIpc) is 2.62. The molecule has 0 heteroatoms. The van der Waals surface area contributed by atoms with Gasteiger partial charge >= 0.3 is 0 Å². The van der Waals surface area contributed by atoms with Gasteiger partial charge in [-0.1, -0.05) is 120 Å². The minimum absolute atomic E-state index is 0.722. The lowest BCUT2D eigenvalue weighted by molar-refractivity contribution is 0.603. The van der Waals surface area contributed by atoms with Gasteiger partial charge in [-0.2, -0.15) is 0 Å². The van der Waals surface area contributed by atoms with Crippen molar-refractivity contribution in [2.24, 2.45) is 11.8 Å². The number of rotatable bonds is 6. The van der Waals surface area contributed by atoms with Crippen molar-refractivity contribution in [3.8, 4) is 0 Å². The maximum absolute atomic E-state index is 3.87. The summed E-state index contributed by atoms with van der Waals surface area (Å²) >= 11 is 0. The Kier molecular flexibility index (Phi) is 70.0. The Balaban J connectivity index is -0.0000000476. The van der Waals surface area contributed by atoms with E-state index in [1.807, 2.05) is 55.4 Å². The zero-order valence-electron chi connectivity index (χ0n) is 20.4. The van der Waals surface area contributed by atoms with Gasteiger partial charge in [0.2, 0.25) is 0 Å². The van der Waals surface area contributed by atoms with Crippen molar-refractivity contribution in [1.82, 2.24) is 0 Å². The molecule has 0 saturated carbocycles. The molecule has 2 atom stereocenters. The normalized spacial score (nSPS) is 9.92. The first-order valence-electron chi connectivity index (χ1n) is 10.7. The van der Waals surface area contributed by atoms with Crippen molar-refractivity contribution in [2.75, 3.05) is 0 Å². The Morgan fingerprint density at radius 3 is 0.792 bits per heavy atom. The highest BCUT2D eigenvalue weighted by Gasteiger charge is 1.98. The fraction of sp³-hybridized carbons (Fsp3) is 0.833. The first-order valence-corrected chi connectivity index (χ1v) is 10.7. The largest absolute Gasteiger partial charge is 0.0999 e. The number of hydrogen-bond donors (Lipinski definition) is 0. The van der Waals surface area contributed by atoms with E-state index in [0.29, 0.717) is 0 Å². The van der Waals surface area contributed by atoms with Gasteiger partial charge in [-0.25, -0.2) is 0 Å². The van der Waals surface area contributed by atoms with E-state index in [4.69, 9.17) is 0 Å². The van der Waals surface area contributed by atoms with E-state index in [9.17, 15) is 0 Å². The Morgan fingerprint density at radius 2 is 0.750 bits per heavy atom. The van der Waals surface area contributed by atoms with Crippen molar-refractivity contribution >= 4 is 0 Å². The molecule has 0 amide bonds. The Bertz CT molecular complexity index is 166. The van der Waals surface area contributed by atoms with E-state index in [1.54, 1.807) is 0 Å². The van der Waals surface area contributed by atoms with Crippen LogP contribution in [0.4, 0.5) is 0 Å². The van der Waals surface area contributed by atoms with Crippen LogP contribution in [0.3, 0.4) is 0 Å². The lowest BCUT2D eigenvalue weighted by Crippen LogP contribution is -1.92. The molecule has 2 unspecified atom stereocenters. The quantitative estimate of drug-likeness (QED) is 0.420.